The molecule has 2 N–H and O–H groups in total. The van der Waals surface area contributed by atoms with Crippen LogP contribution < -0.4 is 14.8 Å². The Morgan fingerprint density at radius 3 is 2.68 bits per heavy atom. The van der Waals surface area contributed by atoms with E-state index < -0.39 is 42.2 Å². The van der Waals surface area contributed by atoms with Gasteiger partial charge in [-0.3, -0.25) is 4.79 Å². The quantitative estimate of drug-likeness (QED) is 0.565. The first-order chi connectivity index (χ1) is 16.0. The first-order valence-corrected chi connectivity index (χ1v) is 11.1. The lowest BCUT2D eigenvalue weighted by atomic mass is 9.74. The Labute approximate surface area is 199 Å². The number of alkyl halides is 2. The van der Waals surface area contributed by atoms with Crippen LogP contribution in [0.1, 0.15) is 38.3 Å². The largest absolute Gasteiger partial charge is 0.586 e. The Hall–Kier alpha value is -3.14. The fourth-order valence-electron chi connectivity index (χ4n) is 4.62. The summed E-state index contributed by atoms with van der Waals surface area (Å²) in [7, 11) is 0. The highest BCUT2D eigenvalue weighted by Crippen LogP contribution is 2.42. The zero-order chi connectivity index (χ0) is 24.8. The number of nitrogens with zero attached hydrogens (tertiary/aromatic N) is 1. The van der Waals surface area contributed by atoms with Gasteiger partial charge in [-0.2, -0.15) is 0 Å². The maximum atomic E-state index is 13.2. The molecule has 0 radical (unpaired) electrons. The molecule has 3 amide bonds. The van der Waals surface area contributed by atoms with Crippen molar-refractivity contribution in [3.8, 4) is 11.5 Å². The number of aliphatic carboxylic acids is 1. The third-order valence-electron chi connectivity index (χ3n) is 6.28. The molecule has 34 heavy (non-hydrogen) atoms. The van der Waals surface area contributed by atoms with Crippen LogP contribution >= 0.6 is 11.6 Å². The van der Waals surface area contributed by atoms with Crippen molar-refractivity contribution in [3.63, 3.8) is 0 Å². The van der Waals surface area contributed by atoms with Crippen molar-refractivity contribution in [2.24, 2.45) is 17.8 Å². The van der Waals surface area contributed by atoms with Crippen LogP contribution in [0.15, 0.2) is 41.5 Å². The van der Waals surface area contributed by atoms with Crippen molar-refractivity contribution < 1.29 is 37.7 Å². The van der Waals surface area contributed by atoms with Gasteiger partial charge in [-0.15, -0.1) is 8.78 Å². The molecule has 0 aromatic heterocycles. The number of carbonyl (C=O) groups is 3. The summed E-state index contributed by atoms with van der Waals surface area (Å²) in [5, 5.41) is 12.9. The van der Waals surface area contributed by atoms with Gasteiger partial charge in [-0.1, -0.05) is 36.7 Å². The molecule has 2 aliphatic heterocycles. The van der Waals surface area contributed by atoms with Gasteiger partial charge in [-0.25, -0.2) is 14.5 Å². The maximum Gasteiger partial charge on any atom is 0.586 e. The van der Waals surface area contributed by atoms with Gasteiger partial charge in [0.05, 0.1) is 12.0 Å². The third-order valence-corrected chi connectivity index (χ3v) is 6.53. The second kappa shape index (κ2) is 8.90. The number of likely N-dealkylation sites (tertiary alicyclic amines) is 1. The number of carboxylic acids is 1. The average molecular weight is 497 g/mol. The fraction of sp³-hybridized carbons (Fsp3) is 0.435. The molecule has 8 nitrogen and oxygen atoms in total. The van der Waals surface area contributed by atoms with Gasteiger partial charge in [0, 0.05) is 5.03 Å². The van der Waals surface area contributed by atoms with Crippen LogP contribution in [0, 0.1) is 17.8 Å². The normalized spacial score (nSPS) is 26.4. The zero-order valence-electron chi connectivity index (χ0n) is 18.3. The van der Waals surface area contributed by atoms with Gasteiger partial charge >= 0.3 is 18.3 Å². The second-order valence-electron chi connectivity index (χ2n) is 8.72. The zero-order valence-corrected chi connectivity index (χ0v) is 19.1. The number of benzene rings is 1. The summed E-state index contributed by atoms with van der Waals surface area (Å²) < 4.78 is 35.3. The molecule has 1 aromatic carbocycles. The lowest BCUT2D eigenvalue weighted by molar-refractivity contribution is -0.286. The molecule has 5 unspecified atom stereocenters. The van der Waals surface area contributed by atoms with Gasteiger partial charge in [0.25, 0.3) is 0 Å². The highest BCUT2D eigenvalue weighted by molar-refractivity contribution is 6.31. The summed E-state index contributed by atoms with van der Waals surface area (Å²) in [4.78, 5) is 38.3. The number of carbonyl (C=O) groups excluding carboxylic acids is 2. The van der Waals surface area contributed by atoms with E-state index in [0.29, 0.717) is 21.9 Å². The molecule has 4 rings (SSSR count). The molecule has 0 saturated carbocycles. The van der Waals surface area contributed by atoms with E-state index in [9.17, 15) is 28.3 Å². The number of fused-ring (bicyclic) bond motifs is 1. The maximum absolute atomic E-state index is 13.2. The number of amides is 3. The van der Waals surface area contributed by atoms with Crippen molar-refractivity contribution in [1.82, 2.24) is 10.2 Å². The third kappa shape index (κ3) is 4.59. The Morgan fingerprint density at radius 2 is 2.00 bits per heavy atom. The number of carboxylic acid groups (broad SMARTS) is 1. The minimum absolute atomic E-state index is 0.0797. The highest BCUT2D eigenvalue weighted by atomic mass is 35.5. The number of β-lactam (4-membered cyclic amide) rings is 1. The van der Waals surface area contributed by atoms with E-state index in [0.717, 1.165) is 6.42 Å². The lowest BCUT2D eigenvalue weighted by Gasteiger charge is -2.46. The van der Waals surface area contributed by atoms with Crippen molar-refractivity contribution in [2.45, 2.75) is 45.1 Å². The predicted molar refractivity (Wildman–Crippen MR) is 116 cm³/mol. The topological polar surface area (TPSA) is 105 Å². The number of halogens is 3. The summed E-state index contributed by atoms with van der Waals surface area (Å²) in [6.07, 6.45) is 3.11. The molecule has 1 aliphatic carbocycles. The van der Waals surface area contributed by atoms with Gasteiger partial charge < -0.3 is 19.9 Å². The van der Waals surface area contributed by atoms with E-state index in [1.807, 2.05) is 12.2 Å². The van der Waals surface area contributed by atoms with Crippen LogP contribution in [-0.4, -0.2) is 40.3 Å². The second-order valence-corrected chi connectivity index (χ2v) is 9.16. The predicted octanol–water partition coefficient (Wildman–Crippen LogP) is 4.42. The first kappa shape index (κ1) is 24.0. The summed E-state index contributed by atoms with van der Waals surface area (Å²) in [6, 6.07) is 1.13. The minimum Gasteiger partial charge on any atom is -0.480 e. The Morgan fingerprint density at radius 1 is 1.29 bits per heavy atom. The van der Waals surface area contributed by atoms with Crippen molar-refractivity contribution in [3.05, 3.63) is 47.0 Å². The Balaban J connectivity index is 1.41. The number of imide groups is 1. The van der Waals surface area contributed by atoms with Crippen LogP contribution in [0.25, 0.3) is 0 Å². The van der Waals surface area contributed by atoms with Gasteiger partial charge in [0.2, 0.25) is 5.91 Å². The van der Waals surface area contributed by atoms with Crippen LogP contribution in [0.3, 0.4) is 0 Å². The number of hydrogen-bond acceptors (Lipinski definition) is 5. The average Bonchev–Trinajstić information content (AvgIpc) is 3.04. The van der Waals surface area contributed by atoms with E-state index in [2.05, 4.69) is 14.8 Å². The van der Waals surface area contributed by atoms with Crippen LogP contribution in [0.4, 0.5) is 13.6 Å². The molecule has 0 spiro atoms. The van der Waals surface area contributed by atoms with E-state index in [1.165, 1.54) is 18.2 Å². The van der Waals surface area contributed by atoms with Crippen LogP contribution in [-0.2, 0) is 9.59 Å². The number of hydrogen-bond donors (Lipinski definition) is 2. The number of urea groups is 1. The fourth-order valence-corrected chi connectivity index (χ4v) is 4.89. The molecule has 1 aromatic rings. The van der Waals surface area contributed by atoms with Gasteiger partial charge in [0.1, 0.15) is 0 Å². The van der Waals surface area contributed by atoms with Crippen molar-refractivity contribution >= 4 is 29.5 Å². The molecule has 1 fully saturated rings. The van der Waals surface area contributed by atoms with E-state index in [-0.39, 0.29) is 23.3 Å². The molecule has 182 valence electrons. The molecule has 11 heteroatoms. The summed E-state index contributed by atoms with van der Waals surface area (Å²) >= 11 is 6.04. The molecule has 0 bridgehead atoms. The smallest absolute Gasteiger partial charge is 0.480 e. The Kier molecular flexibility index (Phi) is 6.28. The molecule has 1 saturated heterocycles. The van der Waals surface area contributed by atoms with E-state index in [4.69, 9.17) is 11.6 Å². The summed E-state index contributed by atoms with van der Waals surface area (Å²) in [6.45, 7) is 3.36. The van der Waals surface area contributed by atoms with Crippen LogP contribution in [0.5, 0.6) is 11.5 Å². The molecule has 5 atom stereocenters. The summed E-state index contributed by atoms with van der Waals surface area (Å²) in [5.74, 6) is -3.23. The molecular weight excluding hydrogens is 474 g/mol. The minimum atomic E-state index is -3.77. The molecular formula is C23H23ClF2N2O6. The monoisotopic (exact) mass is 496 g/mol. The van der Waals surface area contributed by atoms with Gasteiger partial charge in [-0.05, 0) is 55.4 Å². The van der Waals surface area contributed by atoms with Crippen LogP contribution in [0.2, 0.25) is 0 Å². The SMILES string of the molecule is CC(NC(=O)N1C(=O)C(C(C)CC2C=C(Cl)C=CC2)C1C(=O)O)c1ccc2c(c1)OC(F)(F)O2. The number of nitrogens with one attached hydrogen (secondary N) is 1. The number of ether oxygens (including phenoxy) is 2. The van der Waals surface area contributed by atoms with Crippen molar-refractivity contribution in [1.29, 1.82) is 0 Å². The van der Waals surface area contributed by atoms with Crippen molar-refractivity contribution in [2.75, 3.05) is 0 Å². The summed E-state index contributed by atoms with van der Waals surface area (Å²) in [5.41, 5.74) is 0.409. The standard InChI is InChI=1S/C23H23ClF2N2O6/c1-11(8-13-4-3-5-15(24)9-13)18-19(21(30)31)28(20(18)29)22(32)27-12(2)14-6-7-16-17(10-14)34-23(25,26)33-16/h3,5-7,9-13,18-19H,4,8H2,1-2H3,(H,27,32)(H,30,31). The first-order valence-electron chi connectivity index (χ1n) is 10.8. The number of allylic oxidation sites excluding steroid dienone is 4. The van der Waals surface area contributed by atoms with E-state index >= 15 is 0 Å². The number of rotatable bonds is 6. The molecule has 2 heterocycles. The Bertz CT molecular complexity index is 1090. The van der Waals surface area contributed by atoms with E-state index in [1.54, 1.807) is 19.9 Å². The molecule has 3 aliphatic rings. The lowest BCUT2D eigenvalue weighted by Crippen LogP contribution is -2.69. The van der Waals surface area contributed by atoms with Gasteiger partial charge in [0.15, 0.2) is 17.5 Å². The highest BCUT2D eigenvalue weighted by Gasteiger charge is 2.57.